The molecule has 162 valence electrons. The second-order valence-corrected chi connectivity index (χ2v) is 7.93. The molecule has 2 aliphatic heterocycles. The van der Waals surface area contributed by atoms with E-state index in [2.05, 4.69) is 44.8 Å². The van der Waals surface area contributed by atoms with E-state index in [1.54, 1.807) is 6.07 Å². The van der Waals surface area contributed by atoms with Crippen LogP contribution in [0.3, 0.4) is 0 Å². The second-order valence-electron chi connectivity index (χ2n) is 7.93. The highest BCUT2D eigenvalue weighted by molar-refractivity contribution is 5.92. The number of imidazole rings is 1. The van der Waals surface area contributed by atoms with Crippen molar-refractivity contribution in [2.75, 3.05) is 49.7 Å². The molecule has 3 aromatic rings. The van der Waals surface area contributed by atoms with E-state index < -0.39 is 0 Å². The van der Waals surface area contributed by atoms with E-state index in [1.165, 1.54) is 5.52 Å². The van der Waals surface area contributed by atoms with Crippen molar-refractivity contribution in [1.82, 2.24) is 14.5 Å². The van der Waals surface area contributed by atoms with Gasteiger partial charge in [0.2, 0.25) is 18.6 Å². The van der Waals surface area contributed by atoms with Gasteiger partial charge in [-0.05, 0) is 30.7 Å². The van der Waals surface area contributed by atoms with E-state index in [-0.39, 0.29) is 12.7 Å². The van der Waals surface area contributed by atoms with Crippen LogP contribution in [-0.4, -0.2) is 59.9 Å². The molecule has 1 aromatic heterocycles. The largest absolute Gasteiger partial charge is 0.454 e. The number of aromatic nitrogens is 2. The predicted molar refractivity (Wildman–Crippen MR) is 120 cm³/mol. The summed E-state index contributed by atoms with van der Waals surface area (Å²) in [6, 6.07) is 13.8. The Morgan fingerprint density at radius 3 is 2.71 bits per heavy atom. The Labute approximate surface area is 181 Å². The Morgan fingerprint density at radius 1 is 1.06 bits per heavy atom. The van der Waals surface area contributed by atoms with Crippen molar-refractivity contribution in [3.8, 4) is 11.5 Å². The molecule has 5 rings (SSSR count). The first kappa shape index (κ1) is 19.7. The Bertz CT molecular complexity index is 1090. The highest BCUT2D eigenvalue weighted by atomic mass is 16.7. The summed E-state index contributed by atoms with van der Waals surface area (Å²) in [5.41, 5.74) is 2.95. The summed E-state index contributed by atoms with van der Waals surface area (Å²) in [5, 5.41) is 2.96. The lowest BCUT2D eigenvalue weighted by atomic mass is 10.2. The minimum atomic E-state index is -0.0227. The Morgan fingerprint density at radius 2 is 1.87 bits per heavy atom. The van der Waals surface area contributed by atoms with Crippen molar-refractivity contribution >= 4 is 28.6 Å². The number of carbonyl (C=O) groups excluding carboxylic acids is 1. The zero-order valence-corrected chi connectivity index (χ0v) is 17.7. The summed E-state index contributed by atoms with van der Waals surface area (Å²) in [6.07, 6.45) is 1.06. The van der Waals surface area contributed by atoms with Gasteiger partial charge in [-0.15, -0.1) is 0 Å². The van der Waals surface area contributed by atoms with Gasteiger partial charge >= 0.3 is 0 Å². The zero-order valence-electron chi connectivity index (χ0n) is 17.7. The summed E-state index contributed by atoms with van der Waals surface area (Å²) in [4.78, 5) is 21.9. The first-order valence-electron chi connectivity index (χ1n) is 10.8. The minimum absolute atomic E-state index is 0.0227. The van der Waals surface area contributed by atoms with Crippen molar-refractivity contribution < 1.29 is 14.3 Å². The summed E-state index contributed by atoms with van der Waals surface area (Å²) in [6.45, 7) is 7.09. The Balaban J connectivity index is 1.19. The molecule has 3 heterocycles. The number of nitrogens with one attached hydrogen (secondary N) is 1. The van der Waals surface area contributed by atoms with E-state index >= 15 is 0 Å². The number of piperazine rings is 1. The lowest BCUT2D eigenvalue weighted by molar-refractivity contribution is -0.117. The van der Waals surface area contributed by atoms with Gasteiger partial charge in [0.15, 0.2) is 11.5 Å². The lowest BCUT2D eigenvalue weighted by Crippen LogP contribution is -2.49. The number of nitrogens with zero attached hydrogens (tertiary/aromatic N) is 4. The van der Waals surface area contributed by atoms with Crippen molar-refractivity contribution in [2.45, 2.75) is 19.9 Å². The quantitative estimate of drug-likeness (QED) is 0.660. The predicted octanol–water partition coefficient (Wildman–Crippen LogP) is 2.94. The molecule has 8 heteroatoms. The van der Waals surface area contributed by atoms with Crippen molar-refractivity contribution in [2.24, 2.45) is 0 Å². The number of hydrogen-bond acceptors (Lipinski definition) is 6. The zero-order chi connectivity index (χ0) is 21.2. The lowest BCUT2D eigenvalue weighted by Gasteiger charge is -2.35. The third-order valence-electron chi connectivity index (χ3n) is 5.76. The third-order valence-corrected chi connectivity index (χ3v) is 5.76. The Hall–Kier alpha value is -3.26. The molecule has 0 atom stereocenters. The maximum atomic E-state index is 12.5. The van der Waals surface area contributed by atoms with Gasteiger partial charge in [0.1, 0.15) is 0 Å². The fraction of sp³-hybridized carbons (Fsp3) is 0.391. The molecular formula is C23H27N5O3. The molecule has 8 nitrogen and oxygen atoms in total. The van der Waals surface area contributed by atoms with Crippen LogP contribution < -0.4 is 19.7 Å². The van der Waals surface area contributed by atoms with Crippen LogP contribution >= 0.6 is 0 Å². The van der Waals surface area contributed by atoms with Crippen LogP contribution in [0.1, 0.15) is 13.3 Å². The number of hydrogen-bond donors (Lipinski definition) is 1. The number of ether oxygens (including phenoxy) is 2. The van der Waals surface area contributed by atoms with E-state index in [0.717, 1.165) is 56.3 Å². The second kappa shape index (κ2) is 8.47. The van der Waals surface area contributed by atoms with Gasteiger partial charge in [0, 0.05) is 44.5 Å². The number of amides is 1. The summed E-state index contributed by atoms with van der Waals surface area (Å²) >= 11 is 0. The van der Waals surface area contributed by atoms with Crippen LogP contribution in [0.15, 0.2) is 42.5 Å². The van der Waals surface area contributed by atoms with Gasteiger partial charge in [-0.25, -0.2) is 4.98 Å². The van der Waals surface area contributed by atoms with Crippen LogP contribution in [0.2, 0.25) is 0 Å². The summed E-state index contributed by atoms with van der Waals surface area (Å²) in [5.74, 6) is 2.39. The van der Waals surface area contributed by atoms with Crippen molar-refractivity contribution in [3.63, 3.8) is 0 Å². The first-order valence-corrected chi connectivity index (χ1v) is 10.8. The third kappa shape index (κ3) is 4.03. The topological polar surface area (TPSA) is 71.9 Å². The normalized spacial score (nSPS) is 16.1. The molecule has 1 N–H and O–H groups in total. The summed E-state index contributed by atoms with van der Waals surface area (Å²) in [7, 11) is 0. The van der Waals surface area contributed by atoms with Crippen LogP contribution in [0.5, 0.6) is 11.5 Å². The van der Waals surface area contributed by atoms with Gasteiger partial charge in [0.25, 0.3) is 0 Å². The molecule has 31 heavy (non-hydrogen) atoms. The number of anilines is 2. The maximum absolute atomic E-state index is 12.5. The number of rotatable bonds is 6. The minimum Gasteiger partial charge on any atom is -0.454 e. The molecule has 0 spiro atoms. The summed E-state index contributed by atoms with van der Waals surface area (Å²) < 4.78 is 13.0. The molecular weight excluding hydrogens is 394 g/mol. The first-order chi connectivity index (χ1) is 15.2. The van der Waals surface area contributed by atoms with Gasteiger partial charge in [0.05, 0.1) is 17.6 Å². The maximum Gasteiger partial charge on any atom is 0.238 e. The fourth-order valence-corrected chi connectivity index (χ4v) is 4.23. The average Bonchev–Trinajstić information content (AvgIpc) is 3.39. The van der Waals surface area contributed by atoms with Crippen molar-refractivity contribution in [1.29, 1.82) is 0 Å². The number of aryl methyl sites for hydroxylation is 1. The number of carbonyl (C=O) groups is 1. The van der Waals surface area contributed by atoms with Gasteiger partial charge in [-0.3, -0.25) is 9.69 Å². The molecule has 0 saturated carbocycles. The highest BCUT2D eigenvalue weighted by Gasteiger charge is 2.23. The molecule has 0 unspecified atom stereocenters. The Kier molecular flexibility index (Phi) is 5.38. The molecule has 0 radical (unpaired) electrons. The van der Waals surface area contributed by atoms with E-state index in [4.69, 9.17) is 14.5 Å². The standard InChI is InChI=1S/C23H27N5O3/c1-2-9-28-19-6-4-3-5-18(19)25-23(28)27-12-10-26(11-13-27)15-22(29)24-17-7-8-20-21(14-17)31-16-30-20/h3-8,14H,2,9-13,15-16H2,1H3,(H,24,29). The molecule has 1 amide bonds. The van der Waals surface area contributed by atoms with E-state index in [1.807, 2.05) is 18.2 Å². The SMILES string of the molecule is CCCn1c(N2CCN(CC(=O)Nc3ccc4c(c3)OCO4)CC2)nc2ccccc21. The molecule has 2 aromatic carbocycles. The van der Waals surface area contributed by atoms with Crippen LogP contribution in [0.25, 0.3) is 11.0 Å². The monoisotopic (exact) mass is 421 g/mol. The molecule has 1 fully saturated rings. The molecule has 2 aliphatic rings. The van der Waals surface area contributed by atoms with E-state index in [0.29, 0.717) is 18.0 Å². The van der Waals surface area contributed by atoms with Gasteiger partial charge in [-0.2, -0.15) is 0 Å². The number of fused-ring (bicyclic) bond motifs is 2. The average molecular weight is 422 g/mol. The molecule has 1 saturated heterocycles. The molecule has 0 bridgehead atoms. The number of para-hydroxylation sites is 2. The van der Waals surface area contributed by atoms with Gasteiger partial charge < -0.3 is 24.3 Å². The fourth-order valence-electron chi connectivity index (χ4n) is 4.23. The van der Waals surface area contributed by atoms with Crippen LogP contribution in [0.4, 0.5) is 11.6 Å². The van der Waals surface area contributed by atoms with E-state index in [9.17, 15) is 4.79 Å². The smallest absolute Gasteiger partial charge is 0.238 e. The van der Waals surface area contributed by atoms with Crippen LogP contribution in [-0.2, 0) is 11.3 Å². The molecule has 0 aliphatic carbocycles. The van der Waals surface area contributed by atoms with Gasteiger partial charge in [-0.1, -0.05) is 19.1 Å². The highest BCUT2D eigenvalue weighted by Crippen LogP contribution is 2.34. The van der Waals surface area contributed by atoms with Crippen LogP contribution in [0, 0.1) is 0 Å². The van der Waals surface area contributed by atoms with Crippen molar-refractivity contribution in [3.05, 3.63) is 42.5 Å². The number of benzene rings is 2.